The van der Waals surface area contributed by atoms with Crippen LogP contribution in [0.1, 0.15) is 6.92 Å². The molecule has 0 saturated heterocycles. The summed E-state index contributed by atoms with van der Waals surface area (Å²) in [5.41, 5.74) is 0. The van der Waals surface area contributed by atoms with Gasteiger partial charge < -0.3 is 4.55 Å². The molecule has 0 aliphatic heterocycles. The molecule has 5 heteroatoms. The largest absolute Gasteiger partial charge is 1.00 e. The van der Waals surface area contributed by atoms with E-state index in [4.69, 9.17) is 0 Å². The Morgan fingerprint density at radius 1 is 1.50 bits per heavy atom. The summed E-state index contributed by atoms with van der Waals surface area (Å²) in [5.74, 6) is 0. The van der Waals surface area contributed by atoms with Crippen molar-refractivity contribution in [3.63, 3.8) is 0 Å². The first-order valence-electron chi connectivity index (χ1n) is 1.65. The first-order valence-corrected chi connectivity index (χ1v) is 3.12. The minimum absolute atomic E-state index is 0. The maximum absolute atomic E-state index is 9.59. The molecule has 0 aromatic heterocycles. The molecular weight excluding hydrogens is 139 g/mol. The molecular formula is C3H5NaO3S. The Bertz CT molecular complexity index is 157. The first-order chi connectivity index (χ1) is 3.06. The average Bonchev–Trinajstić information content (AvgIpc) is 1.30. The molecule has 8 heavy (non-hydrogen) atoms. The summed E-state index contributed by atoms with van der Waals surface area (Å²) >= 11 is 0. The van der Waals surface area contributed by atoms with Gasteiger partial charge in [0.2, 0.25) is 0 Å². The SMILES string of the molecule is C/C=C/S(=O)(=O)[O-].[Na+]. The van der Waals surface area contributed by atoms with Crippen molar-refractivity contribution in [2.75, 3.05) is 0 Å². The molecule has 0 aliphatic carbocycles. The van der Waals surface area contributed by atoms with Crippen LogP contribution in [0.2, 0.25) is 0 Å². The average molecular weight is 144 g/mol. The smallest absolute Gasteiger partial charge is 0.744 e. The van der Waals surface area contributed by atoms with Gasteiger partial charge in [0.25, 0.3) is 0 Å². The van der Waals surface area contributed by atoms with Crippen molar-refractivity contribution in [2.24, 2.45) is 0 Å². The van der Waals surface area contributed by atoms with Crippen LogP contribution < -0.4 is 29.6 Å². The van der Waals surface area contributed by atoms with E-state index in [-0.39, 0.29) is 29.6 Å². The Morgan fingerprint density at radius 2 is 1.88 bits per heavy atom. The number of hydrogen-bond acceptors (Lipinski definition) is 3. The third-order valence-electron chi connectivity index (χ3n) is 0.303. The van der Waals surface area contributed by atoms with E-state index in [2.05, 4.69) is 0 Å². The van der Waals surface area contributed by atoms with Crippen molar-refractivity contribution >= 4 is 10.1 Å². The molecule has 0 aromatic carbocycles. The van der Waals surface area contributed by atoms with E-state index in [1.54, 1.807) is 0 Å². The fraction of sp³-hybridized carbons (Fsp3) is 0.333. The monoisotopic (exact) mass is 144 g/mol. The molecule has 0 fully saturated rings. The zero-order chi connectivity index (χ0) is 5.91. The van der Waals surface area contributed by atoms with Gasteiger partial charge in [0.15, 0.2) is 0 Å². The fourth-order valence-electron chi connectivity index (χ4n) is 0.167. The second-order valence-corrected chi connectivity index (χ2v) is 2.22. The number of rotatable bonds is 1. The minimum Gasteiger partial charge on any atom is -0.744 e. The third kappa shape index (κ3) is 9.82. The number of allylic oxidation sites excluding steroid dienone is 1. The summed E-state index contributed by atoms with van der Waals surface area (Å²) < 4.78 is 28.8. The van der Waals surface area contributed by atoms with Crippen molar-refractivity contribution in [3.05, 3.63) is 11.5 Å². The van der Waals surface area contributed by atoms with Gasteiger partial charge in [0.1, 0.15) is 10.1 Å². The summed E-state index contributed by atoms with van der Waals surface area (Å²) in [7, 11) is -4.10. The molecule has 0 unspecified atom stereocenters. The number of hydrogen-bond donors (Lipinski definition) is 0. The molecule has 0 radical (unpaired) electrons. The molecule has 0 rings (SSSR count). The predicted octanol–water partition coefficient (Wildman–Crippen LogP) is -2.93. The second kappa shape index (κ2) is 4.52. The van der Waals surface area contributed by atoms with Gasteiger partial charge in [-0.1, -0.05) is 6.08 Å². The van der Waals surface area contributed by atoms with Crippen LogP contribution in [0.15, 0.2) is 11.5 Å². The topological polar surface area (TPSA) is 57.2 Å². The van der Waals surface area contributed by atoms with Crippen LogP contribution in [-0.2, 0) is 10.1 Å². The zero-order valence-electron chi connectivity index (χ0n) is 4.79. The van der Waals surface area contributed by atoms with Crippen molar-refractivity contribution in [1.29, 1.82) is 0 Å². The van der Waals surface area contributed by atoms with E-state index < -0.39 is 10.1 Å². The standard InChI is InChI=1S/C3H6O3S.Na/c1-2-3-7(4,5)6;/h2-3H,1H3,(H,4,5,6);/q;+1/p-1/b3-2+;. The van der Waals surface area contributed by atoms with Crippen LogP contribution in [0, 0.1) is 0 Å². The second-order valence-electron chi connectivity index (χ2n) is 0.962. The summed E-state index contributed by atoms with van der Waals surface area (Å²) in [6.07, 6.45) is 1.18. The van der Waals surface area contributed by atoms with Crippen molar-refractivity contribution in [3.8, 4) is 0 Å². The molecule has 0 saturated carbocycles. The van der Waals surface area contributed by atoms with Crippen LogP contribution in [0.3, 0.4) is 0 Å². The van der Waals surface area contributed by atoms with E-state index in [0.717, 1.165) is 0 Å². The van der Waals surface area contributed by atoms with E-state index in [1.807, 2.05) is 0 Å². The van der Waals surface area contributed by atoms with Gasteiger partial charge in [-0.2, -0.15) is 0 Å². The summed E-state index contributed by atoms with van der Waals surface area (Å²) in [4.78, 5) is 0. The van der Waals surface area contributed by atoms with Crippen LogP contribution in [0.5, 0.6) is 0 Å². The minimum atomic E-state index is -4.10. The Kier molecular flexibility index (Phi) is 6.47. The van der Waals surface area contributed by atoms with Gasteiger partial charge in [0.05, 0.1) is 0 Å². The van der Waals surface area contributed by atoms with Gasteiger partial charge in [-0.15, -0.1) is 0 Å². The maximum Gasteiger partial charge on any atom is 1.00 e. The molecule has 0 heterocycles. The Balaban J connectivity index is 0. The molecule has 0 atom stereocenters. The van der Waals surface area contributed by atoms with Gasteiger partial charge in [-0.25, -0.2) is 8.42 Å². The van der Waals surface area contributed by atoms with Gasteiger partial charge in [0, 0.05) is 5.41 Å². The van der Waals surface area contributed by atoms with Crippen molar-refractivity contribution in [1.82, 2.24) is 0 Å². The van der Waals surface area contributed by atoms with E-state index in [0.29, 0.717) is 5.41 Å². The summed E-state index contributed by atoms with van der Waals surface area (Å²) in [6, 6.07) is 0. The van der Waals surface area contributed by atoms with Gasteiger partial charge in [-0.3, -0.25) is 0 Å². The van der Waals surface area contributed by atoms with E-state index in [1.165, 1.54) is 13.0 Å². The molecule has 0 bridgehead atoms. The van der Waals surface area contributed by atoms with Crippen LogP contribution >= 0.6 is 0 Å². The molecule has 0 N–H and O–H groups in total. The Hall–Kier alpha value is 0.650. The Morgan fingerprint density at radius 3 is 1.88 bits per heavy atom. The zero-order valence-corrected chi connectivity index (χ0v) is 7.60. The quantitative estimate of drug-likeness (QED) is 0.292. The molecule has 3 nitrogen and oxygen atoms in total. The van der Waals surface area contributed by atoms with Crippen molar-refractivity contribution < 1.29 is 42.5 Å². The fourth-order valence-corrected chi connectivity index (χ4v) is 0.500. The first kappa shape index (κ1) is 11.4. The van der Waals surface area contributed by atoms with Crippen molar-refractivity contribution in [2.45, 2.75) is 6.92 Å². The van der Waals surface area contributed by atoms with Gasteiger partial charge in [-0.05, 0) is 6.92 Å². The molecule has 0 spiro atoms. The molecule has 0 amide bonds. The van der Waals surface area contributed by atoms with Crippen LogP contribution in [0.4, 0.5) is 0 Å². The van der Waals surface area contributed by atoms with Crippen LogP contribution in [0.25, 0.3) is 0 Å². The van der Waals surface area contributed by atoms with Gasteiger partial charge >= 0.3 is 29.6 Å². The molecule has 0 aliphatic rings. The summed E-state index contributed by atoms with van der Waals surface area (Å²) in [6.45, 7) is 1.47. The maximum atomic E-state index is 9.59. The van der Waals surface area contributed by atoms with E-state index in [9.17, 15) is 13.0 Å². The summed E-state index contributed by atoms with van der Waals surface area (Å²) in [5, 5.41) is 0.604. The predicted molar refractivity (Wildman–Crippen MR) is 24.5 cm³/mol. The normalized spacial score (nSPS) is 11.2. The molecule has 0 aromatic rings. The Labute approximate surface area is 70.8 Å². The third-order valence-corrected chi connectivity index (χ3v) is 0.908. The molecule has 42 valence electrons. The van der Waals surface area contributed by atoms with Crippen LogP contribution in [-0.4, -0.2) is 13.0 Å². The van der Waals surface area contributed by atoms with E-state index >= 15 is 0 Å².